The molecule has 0 saturated heterocycles. The number of aromatic nitrogens is 2. The quantitative estimate of drug-likeness (QED) is 0.605. The van der Waals surface area contributed by atoms with Crippen molar-refractivity contribution in [3.63, 3.8) is 0 Å². The van der Waals surface area contributed by atoms with Crippen molar-refractivity contribution in [2.75, 3.05) is 11.2 Å². The monoisotopic (exact) mass is 255 g/mol. The van der Waals surface area contributed by atoms with Crippen molar-refractivity contribution in [1.29, 1.82) is 0 Å². The first-order chi connectivity index (χ1) is 8.17. The lowest BCUT2D eigenvalue weighted by Gasteiger charge is -2.06. The van der Waals surface area contributed by atoms with Crippen LogP contribution in [0.3, 0.4) is 0 Å². The summed E-state index contributed by atoms with van der Waals surface area (Å²) >= 11 is 5.66. The van der Waals surface area contributed by atoms with E-state index < -0.39 is 0 Å². The molecule has 0 atom stereocenters. The van der Waals surface area contributed by atoms with Gasteiger partial charge in [0, 0.05) is 11.8 Å². The van der Waals surface area contributed by atoms with E-state index in [0.29, 0.717) is 11.5 Å². The normalized spacial score (nSPS) is 10.1. The molecule has 1 aromatic heterocycles. The number of hydrogen-bond acceptors (Lipinski definition) is 5. The van der Waals surface area contributed by atoms with Gasteiger partial charge in [-0.05, 0) is 12.8 Å². The van der Waals surface area contributed by atoms with Crippen LogP contribution in [0.15, 0.2) is 11.2 Å². The average Bonchev–Trinajstić information content (AvgIpc) is 2.28. The second-order valence-electron chi connectivity index (χ2n) is 3.76. The van der Waals surface area contributed by atoms with Gasteiger partial charge in [0.15, 0.2) is 11.0 Å². The van der Waals surface area contributed by atoms with Gasteiger partial charge in [-0.2, -0.15) is 5.10 Å². The predicted molar refractivity (Wildman–Crippen MR) is 72.3 cm³/mol. The summed E-state index contributed by atoms with van der Waals surface area (Å²) in [7, 11) is 0. The van der Waals surface area contributed by atoms with Crippen molar-refractivity contribution < 1.29 is 0 Å². The lowest BCUT2D eigenvalue weighted by Crippen LogP contribution is -2.05. The lowest BCUT2D eigenvalue weighted by atomic mass is 10.1. The molecule has 17 heavy (non-hydrogen) atoms. The topological polar surface area (TPSA) is 76.2 Å². The molecule has 0 bridgehead atoms. The van der Waals surface area contributed by atoms with Gasteiger partial charge in [-0.15, -0.1) is 10.2 Å². The molecule has 0 saturated carbocycles. The summed E-state index contributed by atoms with van der Waals surface area (Å²) < 4.78 is 0. The molecule has 0 aliphatic carbocycles. The fourth-order valence-electron chi connectivity index (χ4n) is 1.41. The van der Waals surface area contributed by atoms with E-state index in [2.05, 4.69) is 34.6 Å². The molecule has 5 nitrogen and oxygen atoms in total. The lowest BCUT2D eigenvalue weighted by molar-refractivity contribution is 0.907. The molecule has 0 spiro atoms. The van der Waals surface area contributed by atoms with Crippen LogP contribution in [0.1, 0.15) is 39.5 Å². The van der Waals surface area contributed by atoms with Gasteiger partial charge in [0.05, 0.1) is 5.69 Å². The zero-order valence-corrected chi connectivity index (χ0v) is 11.0. The maximum atomic E-state index is 5.74. The minimum Gasteiger partial charge on any atom is -0.396 e. The Morgan fingerprint density at radius 1 is 1.35 bits per heavy atom. The number of hydrogen-bond donors (Lipinski definition) is 2. The summed E-state index contributed by atoms with van der Waals surface area (Å²) in [5.41, 5.74) is 10.1. The molecular formula is C11H18ClN5. The molecule has 94 valence electrons. The molecule has 1 heterocycles. The zero-order chi connectivity index (χ0) is 12.7. The number of anilines is 2. The molecule has 0 aromatic carbocycles. The summed E-state index contributed by atoms with van der Waals surface area (Å²) in [5.74, 6) is 0.444. The Kier molecular flexibility index (Phi) is 5.69. The average molecular weight is 256 g/mol. The highest BCUT2D eigenvalue weighted by Crippen LogP contribution is 2.17. The molecular weight excluding hydrogens is 238 g/mol. The van der Waals surface area contributed by atoms with Gasteiger partial charge >= 0.3 is 0 Å². The van der Waals surface area contributed by atoms with Gasteiger partial charge in [0.2, 0.25) is 0 Å². The third kappa shape index (κ3) is 4.56. The summed E-state index contributed by atoms with van der Waals surface area (Å²) in [6, 6.07) is 1.55. The highest BCUT2D eigenvalue weighted by atomic mass is 35.5. The molecule has 1 rings (SSSR count). The molecule has 0 fully saturated rings. The molecule has 0 unspecified atom stereocenters. The third-order valence-corrected chi connectivity index (χ3v) is 2.38. The fourth-order valence-corrected chi connectivity index (χ4v) is 1.57. The number of nitrogen functional groups attached to an aromatic ring is 1. The second-order valence-corrected chi connectivity index (χ2v) is 4.15. The van der Waals surface area contributed by atoms with Crippen molar-refractivity contribution in [1.82, 2.24) is 10.2 Å². The van der Waals surface area contributed by atoms with Crippen LogP contribution < -0.4 is 11.2 Å². The maximum absolute atomic E-state index is 5.74. The second kappa shape index (κ2) is 7.06. The summed E-state index contributed by atoms with van der Waals surface area (Å²) in [4.78, 5) is 0. The van der Waals surface area contributed by atoms with Crippen LogP contribution in [0.4, 0.5) is 11.5 Å². The fraction of sp³-hybridized carbons (Fsp3) is 0.545. The molecule has 1 aromatic rings. The first kappa shape index (κ1) is 13.7. The van der Waals surface area contributed by atoms with Gasteiger partial charge in [-0.1, -0.05) is 38.3 Å². The minimum absolute atomic E-state index is 0.277. The SMILES string of the molecule is CCCC(CCC)=NNc1nnc(Cl)cc1N. The van der Waals surface area contributed by atoms with E-state index in [1.165, 1.54) is 0 Å². The standard InChI is InChI=1S/C11H18ClN5/c1-3-5-8(6-4-2)14-16-11-9(13)7-10(12)15-17-11/h7H,3-6H2,1-2H3,(H2,13,15)(H,16,17). The van der Waals surface area contributed by atoms with E-state index in [4.69, 9.17) is 17.3 Å². The maximum Gasteiger partial charge on any atom is 0.192 e. The van der Waals surface area contributed by atoms with E-state index in [0.717, 1.165) is 31.4 Å². The molecule has 3 N–H and O–H groups in total. The smallest absolute Gasteiger partial charge is 0.192 e. The van der Waals surface area contributed by atoms with Gasteiger partial charge in [-0.25, -0.2) is 0 Å². The number of nitrogens with one attached hydrogen (secondary N) is 1. The molecule has 0 radical (unpaired) electrons. The molecule has 0 aliphatic heterocycles. The van der Waals surface area contributed by atoms with Crippen LogP contribution in [0.5, 0.6) is 0 Å². The predicted octanol–water partition coefficient (Wildman–Crippen LogP) is 3.08. The van der Waals surface area contributed by atoms with Crippen LogP contribution in [0.2, 0.25) is 5.15 Å². The van der Waals surface area contributed by atoms with Gasteiger partial charge < -0.3 is 5.73 Å². The van der Waals surface area contributed by atoms with Crippen molar-refractivity contribution >= 4 is 28.8 Å². The number of hydrazone groups is 1. The number of rotatable bonds is 6. The van der Waals surface area contributed by atoms with Crippen LogP contribution in [-0.4, -0.2) is 15.9 Å². The van der Waals surface area contributed by atoms with E-state index in [9.17, 15) is 0 Å². The molecule has 0 aliphatic rings. The number of halogens is 1. The Hall–Kier alpha value is -1.36. The van der Waals surface area contributed by atoms with Crippen molar-refractivity contribution in [2.45, 2.75) is 39.5 Å². The van der Waals surface area contributed by atoms with Crippen molar-refractivity contribution in [3.05, 3.63) is 11.2 Å². The van der Waals surface area contributed by atoms with Crippen LogP contribution in [0, 0.1) is 0 Å². The minimum atomic E-state index is 0.277. The zero-order valence-electron chi connectivity index (χ0n) is 10.2. The van der Waals surface area contributed by atoms with E-state index in [-0.39, 0.29) is 5.15 Å². The van der Waals surface area contributed by atoms with E-state index in [1.54, 1.807) is 6.07 Å². The number of nitrogens with two attached hydrogens (primary N) is 1. The first-order valence-electron chi connectivity index (χ1n) is 5.77. The van der Waals surface area contributed by atoms with Crippen LogP contribution >= 0.6 is 11.6 Å². The Morgan fingerprint density at radius 2 is 2.00 bits per heavy atom. The van der Waals surface area contributed by atoms with Crippen LogP contribution in [0.25, 0.3) is 0 Å². The molecule has 6 heteroatoms. The Morgan fingerprint density at radius 3 is 2.53 bits per heavy atom. The van der Waals surface area contributed by atoms with Crippen molar-refractivity contribution in [3.8, 4) is 0 Å². The summed E-state index contributed by atoms with van der Waals surface area (Å²) in [6.07, 6.45) is 4.09. The van der Waals surface area contributed by atoms with Crippen LogP contribution in [-0.2, 0) is 0 Å². The third-order valence-electron chi connectivity index (χ3n) is 2.19. The van der Waals surface area contributed by atoms with Gasteiger partial charge in [-0.3, -0.25) is 5.43 Å². The Labute approximate surface area is 106 Å². The Bertz CT molecular complexity index is 383. The Balaban J connectivity index is 2.71. The van der Waals surface area contributed by atoms with Crippen molar-refractivity contribution in [2.24, 2.45) is 5.10 Å². The molecule has 0 amide bonds. The van der Waals surface area contributed by atoms with E-state index in [1.807, 2.05) is 0 Å². The highest BCUT2D eigenvalue weighted by Gasteiger charge is 2.03. The number of nitrogens with zero attached hydrogens (tertiary/aromatic N) is 3. The first-order valence-corrected chi connectivity index (χ1v) is 6.15. The largest absolute Gasteiger partial charge is 0.396 e. The summed E-state index contributed by atoms with van der Waals surface area (Å²) in [5, 5.41) is 12.1. The van der Waals surface area contributed by atoms with Gasteiger partial charge in [0.25, 0.3) is 0 Å². The summed E-state index contributed by atoms with van der Waals surface area (Å²) in [6.45, 7) is 4.25. The van der Waals surface area contributed by atoms with Gasteiger partial charge in [0.1, 0.15) is 0 Å². The van der Waals surface area contributed by atoms with E-state index >= 15 is 0 Å². The highest BCUT2D eigenvalue weighted by molar-refractivity contribution is 6.29.